The van der Waals surface area contributed by atoms with Crippen molar-refractivity contribution < 1.29 is 9.47 Å². The molecule has 0 spiro atoms. The van der Waals surface area contributed by atoms with Crippen molar-refractivity contribution in [3.05, 3.63) is 0 Å². The molecule has 4 heteroatoms. The lowest BCUT2D eigenvalue weighted by Gasteiger charge is -2.19. The summed E-state index contributed by atoms with van der Waals surface area (Å²) in [5, 5.41) is 3.43. The fraction of sp³-hybridized carbons (Fsp3) is 1.00. The third kappa shape index (κ3) is 4.60. The summed E-state index contributed by atoms with van der Waals surface area (Å²) in [5.74, 6) is 0.673. The Morgan fingerprint density at radius 2 is 2.50 bits per heavy atom. The Kier molecular flexibility index (Phi) is 6.52. The Morgan fingerprint density at radius 3 is 3.07 bits per heavy atom. The van der Waals surface area contributed by atoms with Crippen LogP contribution in [-0.4, -0.2) is 44.9 Å². The maximum Gasteiger partial charge on any atom is 0.0700 e. The van der Waals surface area contributed by atoms with Gasteiger partial charge < -0.3 is 14.8 Å². The highest BCUT2D eigenvalue weighted by molar-refractivity contribution is 6.17. The summed E-state index contributed by atoms with van der Waals surface area (Å²) in [5.41, 5.74) is 0. The molecule has 1 N–H and O–H groups in total. The van der Waals surface area contributed by atoms with Crippen molar-refractivity contribution in [2.75, 3.05) is 32.7 Å². The van der Waals surface area contributed by atoms with Crippen molar-refractivity contribution in [2.24, 2.45) is 0 Å². The lowest BCUT2D eigenvalue weighted by atomic mass is 10.2. The van der Waals surface area contributed by atoms with E-state index < -0.39 is 0 Å². The third-order valence-electron chi connectivity index (χ3n) is 2.48. The maximum atomic E-state index is 5.70. The molecule has 1 rings (SSSR count). The average molecular weight is 222 g/mol. The van der Waals surface area contributed by atoms with Gasteiger partial charge in [-0.3, -0.25) is 0 Å². The zero-order valence-electron chi connectivity index (χ0n) is 8.80. The fourth-order valence-electron chi connectivity index (χ4n) is 1.68. The van der Waals surface area contributed by atoms with Crippen LogP contribution >= 0.6 is 11.6 Å². The van der Waals surface area contributed by atoms with Gasteiger partial charge in [-0.05, 0) is 19.3 Å². The second-order valence-electron chi connectivity index (χ2n) is 3.67. The number of ether oxygens (including phenoxy) is 2. The van der Waals surface area contributed by atoms with Crippen molar-refractivity contribution in [1.29, 1.82) is 0 Å². The predicted molar refractivity (Wildman–Crippen MR) is 58.0 cm³/mol. The number of hydrogen-bond acceptors (Lipinski definition) is 3. The zero-order chi connectivity index (χ0) is 10.2. The van der Waals surface area contributed by atoms with Crippen LogP contribution in [0.15, 0.2) is 0 Å². The van der Waals surface area contributed by atoms with E-state index in [4.69, 9.17) is 21.1 Å². The van der Waals surface area contributed by atoms with Gasteiger partial charge in [0.15, 0.2) is 0 Å². The normalized spacial score (nSPS) is 24.0. The van der Waals surface area contributed by atoms with Crippen molar-refractivity contribution in [3.8, 4) is 0 Å². The molecule has 1 fully saturated rings. The van der Waals surface area contributed by atoms with Crippen molar-refractivity contribution in [3.63, 3.8) is 0 Å². The third-order valence-corrected chi connectivity index (χ3v) is 2.70. The SMILES string of the molecule is COCC(CCCl)NCC1CCCO1. The van der Waals surface area contributed by atoms with Gasteiger partial charge in [0.2, 0.25) is 0 Å². The van der Waals surface area contributed by atoms with Gasteiger partial charge in [-0.25, -0.2) is 0 Å². The monoisotopic (exact) mass is 221 g/mol. The molecule has 0 bridgehead atoms. The maximum absolute atomic E-state index is 5.70. The van der Waals surface area contributed by atoms with E-state index in [1.54, 1.807) is 7.11 Å². The molecule has 0 amide bonds. The predicted octanol–water partition coefficient (Wildman–Crippen LogP) is 1.40. The first-order valence-electron chi connectivity index (χ1n) is 5.26. The van der Waals surface area contributed by atoms with E-state index in [0.29, 0.717) is 18.0 Å². The molecule has 14 heavy (non-hydrogen) atoms. The molecule has 0 saturated carbocycles. The second-order valence-corrected chi connectivity index (χ2v) is 4.05. The van der Waals surface area contributed by atoms with Gasteiger partial charge in [0.1, 0.15) is 0 Å². The molecular weight excluding hydrogens is 202 g/mol. The number of rotatable bonds is 7. The van der Waals surface area contributed by atoms with Gasteiger partial charge in [0, 0.05) is 32.2 Å². The minimum Gasteiger partial charge on any atom is -0.383 e. The highest BCUT2D eigenvalue weighted by Gasteiger charge is 2.16. The lowest BCUT2D eigenvalue weighted by Crippen LogP contribution is -2.38. The Balaban J connectivity index is 2.10. The van der Waals surface area contributed by atoms with Crippen LogP contribution in [0.2, 0.25) is 0 Å². The first kappa shape index (κ1) is 12.2. The Morgan fingerprint density at radius 1 is 1.64 bits per heavy atom. The Labute approximate surface area is 91.1 Å². The Bertz CT molecular complexity index is 134. The molecule has 3 nitrogen and oxygen atoms in total. The van der Waals surface area contributed by atoms with Crippen LogP contribution in [0.4, 0.5) is 0 Å². The largest absolute Gasteiger partial charge is 0.383 e. The number of halogens is 1. The van der Waals surface area contributed by atoms with Crippen molar-refractivity contribution in [1.82, 2.24) is 5.32 Å². The van der Waals surface area contributed by atoms with Crippen LogP contribution in [-0.2, 0) is 9.47 Å². The lowest BCUT2D eigenvalue weighted by molar-refractivity contribution is 0.0991. The molecule has 1 heterocycles. The van der Waals surface area contributed by atoms with Crippen molar-refractivity contribution in [2.45, 2.75) is 31.4 Å². The van der Waals surface area contributed by atoms with Crippen LogP contribution in [0.3, 0.4) is 0 Å². The van der Waals surface area contributed by atoms with Crippen LogP contribution in [0.25, 0.3) is 0 Å². The molecule has 0 aromatic rings. The van der Waals surface area contributed by atoms with Crippen LogP contribution in [0, 0.1) is 0 Å². The number of nitrogens with one attached hydrogen (secondary N) is 1. The molecule has 0 aromatic heterocycles. The topological polar surface area (TPSA) is 30.5 Å². The second kappa shape index (κ2) is 7.46. The first-order chi connectivity index (χ1) is 6.86. The van der Waals surface area contributed by atoms with Crippen LogP contribution in [0.1, 0.15) is 19.3 Å². The molecule has 2 atom stereocenters. The molecule has 0 radical (unpaired) electrons. The molecule has 2 unspecified atom stereocenters. The molecule has 84 valence electrons. The summed E-state index contributed by atoms with van der Waals surface area (Å²) < 4.78 is 10.6. The van der Waals surface area contributed by atoms with E-state index in [9.17, 15) is 0 Å². The van der Waals surface area contributed by atoms with E-state index in [1.807, 2.05) is 0 Å². The summed E-state index contributed by atoms with van der Waals surface area (Å²) in [6.07, 6.45) is 3.71. The van der Waals surface area contributed by atoms with E-state index in [0.717, 1.165) is 26.2 Å². The number of alkyl halides is 1. The minimum absolute atomic E-state index is 0.363. The van der Waals surface area contributed by atoms with Crippen molar-refractivity contribution >= 4 is 11.6 Å². The summed E-state index contributed by atoms with van der Waals surface area (Å²) in [6, 6.07) is 0.363. The van der Waals surface area contributed by atoms with E-state index in [2.05, 4.69) is 5.32 Å². The smallest absolute Gasteiger partial charge is 0.0700 e. The van der Waals surface area contributed by atoms with Crippen LogP contribution in [0.5, 0.6) is 0 Å². The van der Waals surface area contributed by atoms with Gasteiger partial charge in [-0.15, -0.1) is 11.6 Å². The van der Waals surface area contributed by atoms with E-state index in [1.165, 1.54) is 12.8 Å². The van der Waals surface area contributed by atoms with Gasteiger partial charge in [0.05, 0.1) is 12.7 Å². The summed E-state index contributed by atoms with van der Waals surface area (Å²) in [6.45, 7) is 2.56. The van der Waals surface area contributed by atoms with Gasteiger partial charge in [-0.2, -0.15) is 0 Å². The van der Waals surface area contributed by atoms with Gasteiger partial charge >= 0.3 is 0 Å². The molecule has 1 saturated heterocycles. The highest BCUT2D eigenvalue weighted by Crippen LogP contribution is 2.11. The van der Waals surface area contributed by atoms with Gasteiger partial charge in [0.25, 0.3) is 0 Å². The molecule has 0 aliphatic carbocycles. The minimum atomic E-state index is 0.363. The summed E-state index contributed by atoms with van der Waals surface area (Å²) >= 11 is 5.70. The zero-order valence-corrected chi connectivity index (χ0v) is 9.55. The number of hydrogen-bond donors (Lipinski definition) is 1. The molecule has 1 aliphatic rings. The molecule has 0 aromatic carbocycles. The van der Waals surface area contributed by atoms with Gasteiger partial charge in [-0.1, -0.05) is 0 Å². The fourth-order valence-corrected chi connectivity index (χ4v) is 1.94. The highest BCUT2D eigenvalue weighted by atomic mass is 35.5. The van der Waals surface area contributed by atoms with E-state index in [-0.39, 0.29) is 0 Å². The average Bonchev–Trinajstić information content (AvgIpc) is 2.67. The number of methoxy groups -OCH3 is 1. The Hall–Kier alpha value is 0.170. The quantitative estimate of drug-likeness (QED) is 0.660. The standard InChI is InChI=1S/C10H20ClNO2/c1-13-8-9(4-5-11)12-7-10-3-2-6-14-10/h9-10,12H,2-8H2,1H3. The molecule has 1 aliphatic heterocycles. The summed E-state index contributed by atoms with van der Waals surface area (Å²) in [7, 11) is 1.72. The van der Waals surface area contributed by atoms with Crippen LogP contribution < -0.4 is 5.32 Å². The van der Waals surface area contributed by atoms with E-state index >= 15 is 0 Å². The summed E-state index contributed by atoms with van der Waals surface area (Å²) in [4.78, 5) is 0. The first-order valence-corrected chi connectivity index (χ1v) is 5.80. The molecular formula is C10H20ClNO2.